The van der Waals surface area contributed by atoms with E-state index in [0.29, 0.717) is 17.6 Å². The van der Waals surface area contributed by atoms with Gasteiger partial charge in [0.2, 0.25) is 0 Å². The molecule has 18 heavy (non-hydrogen) atoms. The van der Waals surface area contributed by atoms with Crippen molar-refractivity contribution in [2.24, 2.45) is 7.05 Å². The molecule has 0 saturated carbocycles. The fraction of sp³-hybridized carbons (Fsp3) is 0.167. The SMILES string of the molecule is Cn1ccnc1CNc1ccc2oc(=O)[nH]c2c1. The number of aromatic nitrogens is 3. The maximum absolute atomic E-state index is 11.0. The molecule has 0 aliphatic carbocycles. The molecule has 0 amide bonds. The predicted octanol–water partition coefficient (Wildman–Crippen LogP) is 1.47. The molecule has 0 bridgehead atoms. The minimum atomic E-state index is -0.439. The number of nitrogens with one attached hydrogen (secondary N) is 2. The third kappa shape index (κ3) is 1.88. The normalized spacial score (nSPS) is 10.9. The van der Waals surface area contributed by atoms with Crippen LogP contribution in [0.15, 0.2) is 39.8 Å². The highest BCUT2D eigenvalue weighted by molar-refractivity contribution is 5.76. The third-order valence-electron chi connectivity index (χ3n) is 2.79. The van der Waals surface area contributed by atoms with Crippen molar-refractivity contribution in [2.75, 3.05) is 5.32 Å². The number of hydrogen-bond acceptors (Lipinski definition) is 4. The molecule has 92 valence electrons. The van der Waals surface area contributed by atoms with E-state index < -0.39 is 5.76 Å². The lowest BCUT2D eigenvalue weighted by Crippen LogP contribution is -2.05. The van der Waals surface area contributed by atoms with E-state index in [-0.39, 0.29) is 0 Å². The Bertz CT molecular complexity index is 738. The van der Waals surface area contributed by atoms with Gasteiger partial charge in [0.25, 0.3) is 0 Å². The minimum Gasteiger partial charge on any atom is -0.408 e. The molecule has 0 unspecified atom stereocenters. The van der Waals surface area contributed by atoms with Crippen LogP contribution in [-0.2, 0) is 13.6 Å². The molecule has 0 fully saturated rings. The van der Waals surface area contributed by atoms with E-state index in [9.17, 15) is 4.79 Å². The summed E-state index contributed by atoms with van der Waals surface area (Å²) in [6.45, 7) is 0.622. The summed E-state index contributed by atoms with van der Waals surface area (Å²) in [6.07, 6.45) is 3.65. The number of nitrogens with zero attached hydrogens (tertiary/aromatic N) is 2. The average molecular weight is 244 g/mol. The molecule has 0 aliphatic rings. The van der Waals surface area contributed by atoms with Crippen molar-refractivity contribution >= 4 is 16.8 Å². The van der Waals surface area contributed by atoms with Crippen LogP contribution in [-0.4, -0.2) is 14.5 Å². The van der Waals surface area contributed by atoms with Crippen LogP contribution in [0.5, 0.6) is 0 Å². The first-order valence-corrected chi connectivity index (χ1v) is 5.55. The van der Waals surface area contributed by atoms with Gasteiger partial charge in [-0.05, 0) is 18.2 Å². The first kappa shape index (κ1) is 10.6. The molecular formula is C12H12N4O2. The number of rotatable bonds is 3. The van der Waals surface area contributed by atoms with Crippen LogP contribution in [0.25, 0.3) is 11.1 Å². The van der Waals surface area contributed by atoms with Crippen LogP contribution in [0.2, 0.25) is 0 Å². The van der Waals surface area contributed by atoms with E-state index in [1.165, 1.54) is 0 Å². The maximum Gasteiger partial charge on any atom is 0.417 e. The lowest BCUT2D eigenvalue weighted by molar-refractivity contribution is 0.555. The molecule has 6 nitrogen and oxygen atoms in total. The zero-order valence-electron chi connectivity index (χ0n) is 9.80. The number of H-pyrrole nitrogens is 1. The topological polar surface area (TPSA) is 75.8 Å². The number of aromatic amines is 1. The van der Waals surface area contributed by atoms with Gasteiger partial charge in [-0.2, -0.15) is 0 Å². The number of aryl methyl sites for hydroxylation is 1. The summed E-state index contributed by atoms with van der Waals surface area (Å²) in [5, 5.41) is 3.24. The molecule has 0 spiro atoms. The second-order valence-electron chi connectivity index (χ2n) is 4.03. The Labute approximate surface area is 102 Å². The smallest absolute Gasteiger partial charge is 0.408 e. The summed E-state index contributed by atoms with van der Waals surface area (Å²) in [6, 6.07) is 5.46. The van der Waals surface area contributed by atoms with Crippen LogP contribution >= 0.6 is 0 Å². The van der Waals surface area contributed by atoms with Crippen molar-refractivity contribution in [2.45, 2.75) is 6.54 Å². The first-order valence-electron chi connectivity index (χ1n) is 5.55. The molecule has 0 radical (unpaired) electrons. The van der Waals surface area contributed by atoms with Crippen molar-refractivity contribution in [3.8, 4) is 0 Å². The van der Waals surface area contributed by atoms with E-state index in [0.717, 1.165) is 11.5 Å². The van der Waals surface area contributed by atoms with Gasteiger partial charge in [0, 0.05) is 25.1 Å². The highest BCUT2D eigenvalue weighted by atomic mass is 16.4. The molecule has 2 N–H and O–H groups in total. The molecule has 2 heterocycles. The highest BCUT2D eigenvalue weighted by Gasteiger charge is 2.03. The summed E-state index contributed by atoms with van der Waals surface area (Å²) in [5.74, 6) is 0.502. The van der Waals surface area contributed by atoms with Crippen LogP contribution in [0, 0.1) is 0 Å². The monoisotopic (exact) mass is 244 g/mol. The first-order chi connectivity index (χ1) is 8.72. The number of anilines is 1. The lowest BCUT2D eigenvalue weighted by Gasteiger charge is -2.05. The van der Waals surface area contributed by atoms with Gasteiger partial charge in [-0.3, -0.25) is 4.98 Å². The van der Waals surface area contributed by atoms with E-state index >= 15 is 0 Å². The van der Waals surface area contributed by atoms with Crippen LogP contribution in [0.3, 0.4) is 0 Å². The van der Waals surface area contributed by atoms with Crippen LogP contribution in [0.1, 0.15) is 5.82 Å². The van der Waals surface area contributed by atoms with Crippen molar-refractivity contribution in [3.05, 3.63) is 47.0 Å². The van der Waals surface area contributed by atoms with Gasteiger partial charge >= 0.3 is 5.76 Å². The average Bonchev–Trinajstić information content (AvgIpc) is 2.90. The number of benzene rings is 1. The van der Waals surface area contributed by atoms with Gasteiger partial charge in [0.05, 0.1) is 12.1 Å². The number of oxazole rings is 1. The van der Waals surface area contributed by atoms with E-state index in [2.05, 4.69) is 15.3 Å². The Morgan fingerprint density at radius 2 is 2.39 bits per heavy atom. The van der Waals surface area contributed by atoms with Crippen molar-refractivity contribution in [1.29, 1.82) is 0 Å². The summed E-state index contributed by atoms with van der Waals surface area (Å²) < 4.78 is 6.89. The van der Waals surface area contributed by atoms with Gasteiger partial charge in [-0.25, -0.2) is 9.78 Å². The summed E-state index contributed by atoms with van der Waals surface area (Å²) in [5.41, 5.74) is 2.15. The minimum absolute atomic E-state index is 0.439. The van der Waals surface area contributed by atoms with Gasteiger partial charge in [-0.1, -0.05) is 0 Å². The molecule has 0 atom stereocenters. The summed E-state index contributed by atoms with van der Waals surface area (Å²) in [4.78, 5) is 17.9. The fourth-order valence-corrected chi connectivity index (χ4v) is 1.81. The maximum atomic E-state index is 11.0. The molecular weight excluding hydrogens is 232 g/mol. The second-order valence-corrected chi connectivity index (χ2v) is 4.03. The number of hydrogen-bond donors (Lipinski definition) is 2. The Hall–Kier alpha value is -2.50. The Morgan fingerprint density at radius 3 is 3.17 bits per heavy atom. The van der Waals surface area contributed by atoms with Gasteiger partial charge in [-0.15, -0.1) is 0 Å². The fourth-order valence-electron chi connectivity index (χ4n) is 1.81. The summed E-state index contributed by atoms with van der Waals surface area (Å²) >= 11 is 0. The molecule has 1 aromatic carbocycles. The lowest BCUT2D eigenvalue weighted by atomic mass is 10.3. The Kier molecular flexibility index (Phi) is 2.40. The molecule has 6 heteroatoms. The highest BCUT2D eigenvalue weighted by Crippen LogP contribution is 2.16. The molecule has 3 aromatic rings. The quantitative estimate of drug-likeness (QED) is 0.731. The molecule has 3 rings (SSSR count). The molecule has 2 aromatic heterocycles. The van der Waals surface area contributed by atoms with Crippen molar-refractivity contribution < 1.29 is 4.42 Å². The van der Waals surface area contributed by atoms with Crippen LogP contribution < -0.4 is 11.1 Å². The van der Waals surface area contributed by atoms with E-state index in [1.807, 2.05) is 29.9 Å². The predicted molar refractivity (Wildman–Crippen MR) is 67.4 cm³/mol. The number of fused-ring (bicyclic) bond motifs is 1. The van der Waals surface area contributed by atoms with Crippen LogP contribution in [0.4, 0.5) is 5.69 Å². The van der Waals surface area contributed by atoms with Gasteiger partial charge in [0.15, 0.2) is 5.58 Å². The third-order valence-corrected chi connectivity index (χ3v) is 2.79. The number of imidazole rings is 1. The van der Waals surface area contributed by atoms with Gasteiger partial charge in [0.1, 0.15) is 5.82 Å². The standard InChI is InChI=1S/C12H12N4O2/c1-16-5-4-13-11(16)7-14-8-2-3-10-9(6-8)15-12(17)18-10/h2-6,14H,7H2,1H3,(H,15,17). The van der Waals surface area contributed by atoms with Gasteiger partial charge < -0.3 is 14.3 Å². The molecule has 0 saturated heterocycles. The zero-order valence-corrected chi connectivity index (χ0v) is 9.80. The van der Waals surface area contributed by atoms with Crippen molar-refractivity contribution in [1.82, 2.24) is 14.5 Å². The van der Waals surface area contributed by atoms with E-state index in [1.54, 1.807) is 12.3 Å². The Balaban J connectivity index is 1.82. The zero-order chi connectivity index (χ0) is 12.5. The van der Waals surface area contributed by atoms with Crippen molar-refractivity contribution in [3.63, 3.8) is 0 Å². The molecule has 0 aliphatic heterocycles. The van der Waals surface area contributed by atoms with E-state index in [4.69, 9.17) is 4.42 Å². The summed E-state index contributed by atoms with van der Waals surface area (Å²) in [7, 11) is 1.95. The Morgan fingerprint density at radius 1 is 1.50 bits per heavy atom. The largest absolute Gasteiger partial charge is 0.417 e. The second kappa shape index (κ2) is 4.06.